The van der Waals surface area contributed by atoms with Crippen LogP contribution in [0.1, 0.15) is 0 Å². The molecule has 0 amide bonds. The number of nitrogens with zero attached hydrogens (tertiary/aromatic N) is 1. The average molecular weight is 198 g/mol. The van der Waals surface area contributed by atoms with Gasteiger partial charge in [-0.25, -0.2) is 0 Å². The van der Waals surface area contributed by atoms with Gasteiger partial charge < -0.3 is 22.0 Å². The van der Waals surface area contributed by atoms with Gasteiger partial charge in [0, 0.05) is 11.5 Å². The molecule has 0 spiro atoms. The predicted octanol–water partition coefficient (Wildman–Crippen LogP) is -2.82. The maximum Gasteiger partial charge on any atom is 0.102 e. The Morgan fingerprint density at radius 2 is 1.91 bits per heavy atom. The molecule has 0 radical (unpaired) electrons. The standard InChI is InChI=1S/C7H16NOS.ClH/c1-8(2-5-9)3-6-10-7-4-8;/h9H,2-7H2,1H3;1H/q+1;/p-1. The Morgan fingerprint density at radius 1 is 1.36 bits per heavy atom. The molecule has 1 fully saturated rings. The highest BCUT2D eigenvalue weighted by Crippen LogP contribution is 2.14. The summed E-state index contributed by atoms with van der Waals surface area (Å²) in [5.41, 5.74) is 0. The summed E-state index contributed by atoms with van der Waals surface area (Å²) in [4.78, 5) is 0. The van der Waals surface area contributed by atoms with Gasteiger partial charge in [0.05, 0.1) is 26.7 Å². The van der Waals surface area contributed by atoms with Crippen LogP contribution in [0, 0.1) is 0 Å². The molecular weight excluding hydrogens is 182 g/mol. The first-order valence-electron chi connectivity index (χ1n) is 3.79. The lowest BCUT2D eigenvalue weighted by Gasteiger charge is -2.36. The molecule has 1 rings (SSSR count). The topological polar surface area (TPSA) is 20.2 Å². The van der Waals surface area contributed by atoms with Crippen molar-refractivity contribution in [3.8, 4) is 0 Å². The van der Waals surface area contributed by atoms with Crippen LogP contribution in [-0.2, 0) is 0 Å². The number of halogens is 1. The first-order valence-corrected chi connectivity index (χ1v) is 4.94. The first-order chi connectivity index (χ1) is 4.77. The summed E-state index contributed by atoms with van der Waals surface area (Å²) in [5.74, 6) is 2.52. The number of thioether (sulfide) groups is 1. The SMILES string of the molecule is C[N+]1(CCO)CCSCC1.[Cl-]. The Balaban J connectivity index is 0.000001000. The maximum absolute atomic E-state index is 8.76. The Morgan fingerprint density at radius 3 is 2.36 bits per heavy atom. The fourth-order valence-corrected chi connectivity index (χ4v) is 2.59. The number of quaternary nitrogens is 1. The van der Waals surface area contributed by atoms with Crippen LogP contribution in [0.4, 0.5) is 0 Å². The molecule has 1 aliphatic rings. The Kier molecular flexibility index (Phi) is 5.52. The quantitative estimate of drug-likeness (QED) is 0.482. The Hall–Kier alpha value is 0.560. The van der Waals surface area contributed by atoms with Crippen molar-refractivity contribution in [3.05, 3.63) is 0 Å². The second-order valence-corrected chi connectivity index (χ2v) is 4.35. The molecule has 0 atom stereocenters. The van der Waals surface area contributed by atoms with Crippen molar-refractivity contribution in [2.45, 2.75) is 0 Å². The molecule has 0 aliphatic carbocycles. The van der Waals surface area contributed by atoms with Crippen molar-refractivity contribution in [1.29, 1.82) is 0 Å². The highest BCUT2D eigenvalue weighted by molar-refractivity contribution is 7.99. The van der Waals surface area contributed by atoms with Gasteiger partial charge in [-0.05, 0) is 0 Å². The number of hydrogen-bond donors (Lipinski definition) is 1. The molecular formula is C7H16ClNOS. The van der Waals surface area contributed by atoms with Gasteiger partial charge in [0.1, 0.15) is 6.54 Å². The number of hydrogen-bond acceptors (Lipinski definition) is 2. The Bertz CT molecular complexity index is 101. The van der Waals surface area contributed by atoms with Gasteiger partial charge in [0.2, 0.25) is 0 Å². The molecule has 11 heavy (non-hydrogen) atoms. The summed E-state index contributed by atoms with van der Waals surface area (Å²) < 4.78 is 1.07. The molecule has 1 saturated heterocycles. The van der Waals surface area contributed by atoms with E-state index in [1.165, 1.54) is 24.6 Å². The van der Waals surface area contributed by atoms with Crippen molar-refractivity contribution >= 4 is 11.8 Å². The fourth-order valence-electron chi connectivity index (χ4n) is 1.25. The molecule has 0 bridgehead atoms. The summed E-state index contributed by atoms with van der Waals surface area (Å²) in [6.45, 7) is 3.72. The van der Waals surface area contributed by atoms with Crippen LogP contribution in [0.15, 0.2) is 0 Å². The van der Waals surface area contributed by atoms with E-state index in [9.17, 15) is 0 Å². The van der Waals surface area contributed by atoms with Crippen molar-refractivity contribution in [2.75, 3.05) is 44.8 Å². The van der Waals surface area contributed by atoms with Gasteiger partial charge in [0.15, 0.2) is 0 Å². The fraction of sp³-hybridized carbons (Fsp3) is 1.00. The Labute approximate surface area is 79.0 Å². The summed E-state index contributed by atoms with van der Waals surface area (Å²) in [7, 11) is 2.23. The smallest absolute Gasteiger partial charge is 0.102 e. The zero-order chi connectivity index (χ0) is 7.45. The van der Waals surface area contributed by atoms with E-state index >= 15 is 0 Å². The third-order valence-corrected chi connectivity index (χ3v) is 3.13. The van der Waals surface area contributed by atoms with Crippen LogP contribution >= 0.6 is 11.8 Å². The highest BCUT2D eigenvalue weighted by Gasteiger charge is 2.23. The van der Waals surface area contributed by atoms with Gasteiger partial charge in [-0.1, -0.05) is 0 Å². The van der Waals surface area contributed by atoms with Gasteiger partial charge in [-0.2, -0.15) is 11.8 Å². The van der Waals surface area contributed by atoms with Crippen LogP contribution < -0.4 is 12.4 Å². The molecule has 0 unspecified atom stereocenters. The average Bonchev–Trinajstić information content (AvgIpc) is 1.89. The third kappa shape index (κ3) is 3.65. The van der Waals surface area contributed by atoms with Crippen LogP contribution in [0.2, 0.25) is 0 Å². The van der Waals surface area contributed by atoms with E-state index in [0.717, 1.165) is 11.0 Å². The van der Waals surface area contributed by atoms with Crippen LogP contribution in [-0.4, -0.2) is 54.4 Å². The van der Waals surface area contributed by atoms with Gasteiger partial charge >= 0.3 is 0 Å². The van der Waals surface area contributed by atoms with Crippen LogP contribution in [0.25, 0.3) is 0 Å². The second-order valence-electron chi connectivity index (χ2n) is 3.13. The predicted molar refractivity (Wildman–Crippen MR) is 45.2 cm³/mol. The molecule has 0 aromatic carbocycles. The minimum absolute atomic E-state index is 0. The number of aliphatic hydroxyl groups excluding tert-OH is 1. The van der Waals surface area contributed by atoms with Gasteiger partial charge in [0.25, 0.3) is 0 Å². The van der Waals surface area contributed by atoms with Gasteiger partial charge in [-0.15, -0.1) is 0 Å². The molecule has 0 saturated carbocycles. The monoisotopic (exact) mass is 197 g/mol. The zero-order valence-corrected chi connectivity index (χ0v) is 8.50. The lowest BCUT2D eigenvalue weighted by molar-refractivity contribution is -0.906. The summed E-state index contributed by atoms with van der Waals surface area (Å²) in [6.07, 6.45) is 0. The van der Waals surface area contributed by atoms with Crippen molar-refractivity contribution in [3.63, 3.8) is 0 Å². The lowest BCUT2D eigenvalue weighted by Crippen LogP contribution is -3.00. The molecule has 4 heteroatoms. The first kappa shape index (κ1) is 11.6. The maximum atomic E-state index is 8.76. The normalized spacial score (nSPS) is 22.4. The van der Waals surface area contributed by atoms with E-state index in [0.29, 0.717) is 6.61 Å². The summed E-state index contributed by atoms with van der Waals surface area (Å²) >= 11 is 2.03. The molecule has 1 N–H and O–H groups in total. The minimum atomic E-state index is 0. The van der Waals surface area contributed by atoms with E-state index in [4.69, 9.17) is 5.11 Å². The molecule has 0 aromatic heterocycles. The van der Waals surface area contributed by atoms with E-state index in [1.54, 1.807) is 0 Å². The lowest BCUT2D eigenvalue weighted by atomic mass is 10.4. The van der Waals surface area contributed by atoms with Crippen molar-refractivity contribution in [2.24, 2.45) is 0 Å². The van der Waals surface area contributed by atoms with Crippen LogP contribution in [0.5, 0.6) is 0 Å². The van der Waals surface area contributed by atoms with Crippen molar-refractivity contribution in [1.82, 2.24) is 0 Å². The molecule has 1 aliphatic heterocycles. The van der Waals surface area contributed by atoms with Crippen molar-refractivity contribution < 1.29 is 22.0 Å². The molecule has 2 nitrogen and oxygen atoms in total. The molecule has 1 heterocycles. The van der Waals surface area contributed by atoms with E-state index in [2.05, 4.69) is 7.05 Å². The highest BCUT2D eigenvalue weighted by atomic mass is 35.5. The summed E-state index contributed by atoms with van der Waals surface area (Å²) in [6, 6.07) is 0. The second kappa shape index (κ2) is 5.25. The van der Waals surface area contributed by atoms with Gasteiger partial charge in [-0.3, -0.25) is 0 Å². The largest absolute Gasteiger partial charge is 1.00 e. The number of likely N-dealkylation sites (N-methyl/N-ethyl adjacent to an activating group) is 1. The molecule has 0 aromatic rings. The molecule has 68 valence electrons. The van der Waals surface area contributed by atoms with E-state index in [1.807, 2.05) is 11.8 Å². The summed E-state index contributed by atoms with van der Waals surface area (Å²) in [5, 5.41) is 8.76. The number of rotatable bonds is 2. The van der Waals surface area contributed by atoms with E-state index in [-0.39, 0.29) is 12.4 Å². The number of aliphatic hydroxyl groups is 1. The minimum Gasteiger partial charge on any atom is -1.00 e. The van der Waals surface area contributed by atoms with Crippen LogP contribution in [0.3, 0.4) is 0 Å². The van der Waals surface area contributed by atoms with E-state index < -0.39 is 0 Å². The third-order valence-electron chi connectivity index (χ3n) is 2.19. The zero-order valence-electron chi connectivity index (χ0n) is 6.92.